The number of hydrogen-bond acceptors (Lipinski definition) is 1. The highest BCUT2D eigenvalue weighted by atomic mass is 19.2. The normalized spacial score (nSPS) is 12.4. The predicted octanol–water partition coefficient (Wildman–Crippen LogP) is 3.78. The van der Waals surface area contributed by atoms with Crippen molar-refractivity contribution in [2.75, 3.05) is 7.05 Å². The van der Waals surface area contributed by atoms with Crippen molar-refractivity contribution in [1.29, 1.82) is 0 Å². The van der Waals surface area contributed by atoms with Gasteiger partial charge in [0.1, 0.15) is 0 Å². The Morgan fingerprint density at radius 1 is 1.05 bits per heavy atom. The van der Waals surface area contributed by atoms with Gasteiger partial charge in [-0.05, 0) is 32.0 Å². The van der Waals surface area contributed by atoms with Gasteiger partial charge in [0, 0.05) is 11.6 Å². The number of benzene rings is 2. The second-order valence-electron chi connectivity index (χ2n) is 4.67. The molecule has 1 atom stereocenters. The van der Waals surface area contributed by atoms with E-state index in [1.807, 2.05) is 31.2 Å². The van der Waals surface area contributed by atoms with Gasteiger partial charge in [-0.25, -0.2) is 8.78 Å². The van der Waals surface area contributed by atoms with Gasteiger partial charge in [0.2, 0.25) is 0 Å². The summed E-state index contributed by atoms with van der Waals surface area (Å²) in [6, 6.07) is 12.1. The molecule has 0 aliphatic heterocycles. The van der Waals surface area contributed by atoms with Crippen molar-refractivity contribution < 1.29 is 8.78 Å². The maximum Gasteiger partial charge on any atom is 0.163 e. The van der Waals surface area contributed by atoms with E-state index >= 15 is 0 Å². The summed E-state index contributed by atoms with van der Waals surface area (Å²) in [4.78, 5) is 0. The SMILES string of the molecule is CNC(Cc1ccc(C)cc1)c1cccc(F)c1F. The van der Waals surface area contributed by atoms with Crippen molar-refractivity contribution in [2.24, 2.45) is 0 Å². The van der Waals surface area contributed by atoms with Gasteiger partial charge in [0.25, 0.3) is 0 Å². The Kier molecular flexibility index (Phi) is 4.27. The highest BCUT2D eigenvalue weighted by Crippen LogP contribution is 2.22. The van der Waals surface area contributed by atoms with Crippen LogP contribution in [0, 0.1) is 18.6 Å². The van der Waals surface area contributed by atoms with E-state index in [1.54, 1.807) is 13.1 Å². The Bertz CT molecular complexity index is 549. The van der Waals surface area contributed by atoms with Crippen LogP contribution in [0.15, 0.2) is 42.5 Å². The van der Waals surface area contributed by atoms with Crippen LogP contribution >= 0.6 is 0 Å². The molecule has 2 rings (SSSR count). The van der Waals surface area contributed by atoms with Crippen LogP contribution in [0.2, 0.25) is 0 Å². The van der Waals surface area contributed by atoms with Gasteiger partial charge in [0.05, 0.1) is 0 Å². The Hall–Kier alpha value is -1.74. The highest BCUT2D eigenvalue weighted by molar-refractivity contribution is 5.27. The smallest absolute Gasteiger partial charge is 0.163 e. The van der Waals surface area contributed by atoms with Crippen LogP contribution in [0.25, 0.3) is 0 Å². The van der Waals surface area contributed by atoms with E-state index in [1.165, 1.54) is 11.6 Å². The summed E-state index contributed by atoms with van der Waals surface area (Å²) in [7, 11) is 1.75. The molecular weight excluding hydrogens is 244 g/mol. The summed E-state index contributed by atoms with van der Waals surface area (Å²) in [6.07, 6.45) is 0.622. The molecule has 0 aliphatic rings. The molecule has 0 aromatic heterocycles. The van der Waals surface area contributed by atoms with Crippen molar-refractivity contribution in [1.82, 2.24) is 5.32 Å². The molecule has 2 aromatic rings. The monoisotopic (exact) mass is 261 g/mol. The zero-order valence-corrected chi connectivity index (χ0v) is 11.1. The first-order chi connectivity index (χ1) is 9.11. The first-order valence-corrected chi connectivity index (χ1v) is 6.28. The molecule has 0 bridgehead atoms. The van der Waals surface area contributed by atoms with E-state index in [2.05, 4.69) is 5.32 Å². The maximum atomic E-state index is 13.8. The lowest BCUT2D eigenvalue weighted by Gasteiger charge is -2.17. The highest BCUT2D eigenvalue weighted by Gasteiger charge is 2.17. The molecule has 1 nitrogen and oxygen atoms in total. The molecule has 0 radical (unpaired) electrons. The molecule has 0 fully saturated rings. The predicted molar refractivity (Wildman–Crippen MR) is 73.0 cm³/mol. The van der Waals surface area contributed by atoms with Crippen molar-refractivity contribution in [3.63, 3.8) is 0 Å². The van der Waals surface area contributed by atoms with Crippen molar-refractivity contribution in [3.05, 3.63) is 70.8 Å². The van der Waals surface area contributed by atoms with Gasteiger partial charge in [-0.1, -0.05) is 42.0 Å². The molecule has 0 heterocycles. The van der Waals surface area contributed by atoms with Crippen LogP contribution in [0.4, 0.5) is 8.78 Å². The van der Waals surface area contributed by atoms with Crippen molar-refractivity contribution in [3.8, 4) is 0 Å². The van der Waals surface area contributed by atoms with E-state index in [9.17, 15) is 8.78 Å². The fourth-order valence-electron chi connectivity index (χ4n) is 2.12. The lowest BCUT2D eigenvalue weighted by atomic mass is 9.98. The number of halogens is 2. The molecule has 0 saturated heterocycles. The minimum Gasteiger partial charge on any atom is -0.313 e. The van der Waals surface area contributed by atoms with Crippen molar-refractivity contribution in [2.45, 2.75) is 19.4 Å². The van der Waals surface area contributed by atoms with Crippen LogP contribution in [0.1, 0.15) is 22.7 Å². The quantitative estimate of drug-likeness (QED) is 0.883. The standard InChI is InChI=1S/C16H17F2N/c1-11-6-8-12(9-7-11)10-15(19-2)13-4-3-5-14(17)16(13)18/h3-9,15,19H,10H2,1-2H3. The molecule has 3 heteroatoms. The molecular formula is C16H17F2N. The molecule has 0 aliphatic carbocycles. The Balaban J connectivity index is 2.25. The first kappa shape index (κ1) is 13.7. The van der Waals surface area contributed by atoms with Gasteiger partial charge in [-0.15, -0.1) is 0 Å². The van der Waals surface area contributed by atoms with Gasteiger partial charge in [-0.2, -0.15) is 0 Å². The first-order valence-electron chi connectivity index (χ1n) is 6.28. The Morgan fingerprint density at radius 3 is 2.37 bits per heavy atom. The third kappa shape index (κ3) is 3.18. The minimum atomic E-state index is -0.804. The maximum absolute atomic E-state index is 13.8. The second-order valence-corrected chi connectivity index (χ2v) is 4.67. The van der Waals surface area contributed by atoms with Gasteiger partial charge < -0.3 is 5.32 Å². The average molecular weight is 261 g/mol. The summed E-state index contributed by atoms with van der Waals surface area (Å²) in [5, 5.41) is 3.04. The lowest BCUT2D eigenvalue weighted by Crippen LogP contribution is -2.20. The average Bonchev–Trinajstić information content (AvgIpc) is 2.42. The molecule has 0 saturated carbocycles. The summed E-state index contributed by atoms with van der Waals surface area (Å²) >= 11 is 0. The molecule has 2 aromatic carbocycles. The summed E-state index contributed by atoms with van der Waals surface area (Å²) in [6.45, 7) is 2.02. The van der Waals surface area contributed by atoms with E-state index < -0.39 is 11.6 Å². The fraction of sp³-hybridized carbons (Fsp3) is 0.250. The zero-order valence-electron chi connectivity index (χ0n) is 11.1. The van der Waals surface area contributed by atoms with Crippen LogP contribution in [-0.2, 0) is 6.42 Å². The summed E-state index contributed by atoms with van der Waals surface area (Å²) in [5.41, 5.74) is 2.64. The second kappa shape index (κ2) is 5.93. The third-order valence-electron chi connectivity index (χ3n) is 3.27. The van der Waals surface area contributed by atoms with Crippen LogP contribution in [0.3, 0.4) is 0 Å². The molecule has 1 unspecified atom stereocenters. The molecule has 0 amide bonds. The topological polar surface area (TPSA) is 12.0 Å². The summed E-state index contributed by atoms with van der Waals surface area (Å²) < 4.78 is 27.1. The number of likely N-dealkylation sites (N-methyl/N-ethyl adjacent to an activating group) is 1. The number of rotatable bonds is 4. The minimum absolute atomic E-state index is 0.238. The molecule has 100 valence electrons. The van der Waals surface area contributed by atoms with E-state index in [0.717, 1.165) is 11.6 Å². The Morgan fingerprint density at radius 2 is 1.74 bits per heavy atom. The van der Waals surface area contributed by atoms with E-state index in [4.69, 9.17) is 0 Å². The number of hydrogen-bond donors (Lipinski definition) is 1. The molecule has 19 heavy (non-hydrogen) atoms. The van der Waals surface area contributed by atoms with E-state index in [0.29, 0.717) is 12.0 Å². The third-order valence-corrected chi connectivity index (χ3v) is 3.27. The number of aryl methyl sites for hydroxylation is 1. The summed E-state index contributed by atoms with van der Waals surface area (Å²) in [5.74, 6) is -1.57. The van der Waals surface area contributed by atoms with Gasteiger partial charge in [0.15, 0.2) is 11.6 Å². The fourth-order valence-corrected chi connectivity index (χ4v) is 2.12. The van der Waals surface area contributed by atoms with Crippen LogP contribution in [0.5, 0.6) is 0 Å². The zero-order chi connectivity index (χ0) is 13.8. The largest absolute Gasteiger partial charge is 0.313 e. The van der Waals surface area contributed by atoms with Crippen LogP contribution < -0.4 is 5.32 Å². The van der Waals surface area contributed by atoms with Gasteiger partial charge >= 0.3 is 0 Å². The lowest BCUT2D eigenvalue weighted by molar-refractivity contribution is 0.473. The van der Waals surface area contributed by atoms with Crippen molar-refractivity contribution >= 4 is 0 Å². The van der Waals surface area contributed by atoms with E-state index in [-0.39, 0.29) is 6.04 Å². The van der Waals surface area contributed by atoms with Gasteiger partial charge in [-0.3, -0.25) is 0 Å². The molecule has 1 N–H and O–H groups in total. The molecule has 0 spiro atoms. The van der Waals surface area contributed by atoms with Crippen LogP contribution in [-0.4, -0.2) is 7.05 Å². The number of nitrogens with one attached hydrogen (secondary N) is 1. The Labute approximate surface area is 112 Å².